The van der Waals surface area contributed by atoms with Gasteiger partial charge < -0.3 is 0 Å². The molecule has 1 heterocycles. The van der Waals surface area contributed by atoms with Gasteiger partial charge in [-0.15, -0.1) is 0 Å². The standard InChI is InChI=1S/C14H20N2/c1-3-13-6-5-7-14(4-2,10-13)11-16-9-8-15-12-16/h5-9,12H,3-4,10-11H2,1-2H3/p+1. The van der Waals surface area contributed by atoms with Gasteiger partial charge in [-0.1, -0.05) is 37.6 Å². The Morgan fingerprint density at radius 1 is 1.44 bits per heavy atom. The van der Waals surface area contributed by atoms with Crippen molar-refractivity contribution in [3.8, 4) is 0 Å². The molecule has 2 heteroatoms. The first kappa shape index (κ1) is 11.2. The van der Waals surface area contributed by atoms with Gasteiger partial charge in [0.25, 0.3) is 0 Å². The summed E-state index contributed by atoms with van der Waals surface area (Å²) in [4.78, 5) is 3.11. The molecule has 0 amide bonds. The van der Waals surface area contributed by atoms with Crippen molar-refractivity contribution in [1.82, 2.24) is 4.98 Å². The highest BCUT2D eigenvalue weighted by Gasteiger charge is 2.30. The van der Waals surface area contributed by atoms with E-state index in [1.165, 1.54) is 19.3 Å². The summed E-state index contributed by atoms with van der Waals surface area (Å²) in [6.45, 7) is 5.60. The number of rotatable bonds is 4. The molecule has 0 fully saturated rings. The van der Waals surface area contributed by atoms with Crippen LogP contribution in [0.15, 0.2) is 42.5 Å². The van der Waals surface area contributed by atoms with Crippen LogP contribution in [0.1, 0.15) is 33.1 Å². The lowest BCUT2D eigenvalue weighted by Crippen LogP contribution is -2.41. The lowest BCUT2D eigenvalue weighted by molar-refractivity contribution is -0.706. The van der Waals surface area contributed by atoms with E-state index in [1.807, 2.05) is 12.5 Å². The maximum absolute atomic E-state index is 3.11. The zero-order valence-corrected chi connectivity index (χ0v) is 10.2. The Morgan fingerprint density at radius 2 is 2.31 bits per heavy atom. The van der Waals surface area contributed by atoms with Gasteiger partial charge in [-0.3, -0.25) is 4.98 Å². The third-order valence-electron chi connectivity index (χ3n) is 3.62. The Morgan fingerprint density at radius 3 is 2.94 bits per heavy atom. The van der Waals surface area contributed by atoms with Crippen molar-refractivity contribution in [1.29, 1.82) is 0 Å². The van der Waals surface area contributed by atoms with Gasteiger partial charge in [-0.05, 0) is 19.3 Å². The Hall–Kier alpha value is -1.31. The van der Waals surface area contributed by atoms with Crippen molar-refractivity contribution in [2.75, 3.05) is 0 Å². The van der Waals surface area contributed by atoms with Gasteiger partial charge in [-0.25, -0.2) is 4.57 Å². The maximum atomic E-state index is 3.11. The van der Waals surface area contributed by atoms with Gasteiger partial charge in [-0.2, -0.15) is 0 Å². The van der Waals surface area contributed by atoms with Crippen LogP contribution in [-0.2, 0) is 6.54 Å². The van der Waals surface area contributed by atoms with Crippen LogP contribution in [0.2, 0.25) is 0 Å². The largest absolute Gasteiger partial charge is 0.250 e. The second-order valence-electron chi connectivity index (χ2n) is 4.71. The first-order valence-corrected chi connectivity index (χ1v) is 6.17. The van der Waals surface area contributed by atoms with Crippen molar-refractivity contribution in [3.05, 3.63) is 42.5 Å². The molecule has 0 radical (unpaired) electrons. The van der Waals surface area contributed by atoms with E-state index in [0.717, 1.165) is 6.54 Å². The van der Waals surface area contributed by atoms with Crippen LogP contribution in [-0.4, -0.2) is 4.98 Å². The molecule has 1 unspecified atom stereocenters. The summed E-state index contributed by atoms with van der Waals surface area (Å²) in [5.74, 6) is 0. The van der Waals surface area contributed by atoms with Crippen LogP contribution in [0.5, 0.6) is 0 Å². The number of H-pyrrole nitrogens is 1. The molecule has 1 N–H and O–H groups in total. The Kier molecular flexibility index (Phi) is 3.28. The summed E-state index contributed by atoms with van der Waals surface area (Å²) in [6.07, 6.45) is 16.6. The molecule has 86 valence electrons. The molecule has 0 bridgehead atoms. The third kappa shape index (κ3) is 2.26. The fraction of sp³-hybridized carbons (Fsp3) is 0.500. The minimum Gasteiger partial charge on any atom is -0.250 e. The molecular weight excluding hydrogens is 196 g/mol. The van der Waals surface area contributed by atoms with E-state index in [-0.39, 0.29) is 0 Å². The smallest absolute Gasteiger partial charge is 0.241 e. The summed E-state index contributed by atoms with van der Waals surface area (Å²) in [5.41, 5.74) is 1.88. The molecule has 1 aliphatic rings. The summed E-state index contributed by atoms with van der Waals surface area (Å²) < 4.78 is 2.24. The van der Waals surface area contributed by atoms with Crippen LogP contribution in [0.4, 0.5) is 0 Å². The number of nitrogens with zero attached hydrogens (tertiary/aromatic N) is 1. The number of aromatic nitrogens is 2. The van der Waals surface area contributed by atoms with Crippen molar-refractivity contribution in [2.45, 2.75) is 39.7 Å². The number of hydrogen-bond donors (Lipinski definition) is 1. The van der Waals surface area contributed by atoms with Crippen molar-refractivity contribution in [2.24, 2.45) is 5.41 Å². The van der Waals surface area contributed by atoms with Crippen molar-refractivity contribution < 1.29 is 4.57 Å². The van der Waals surface area contributed by atoms with E-state index in [1.54, 1.807) is 5.57 Å². The van der Waals surface area contributed by atoms with E-state index in [2.05, 4.69) is 47.8 Å². The molecule has 16 heavy (non-hydrogen) atoms. The molecule has 0 saturated carbocycles. The Balaban J connectivity index is 2.15. The number of aromatic amines is 1. The first-order chi connectivity index (χ1) is 7.78. The maximum Gasteiger partial charge on any atom is 0.241 e. The van der Waals surface area contributed by atoms with Gasteiger partial charge in [0.2, 0.25) is 6.33 Å². The SMILES string of the molecule is CCC1=CC=CC(CC)(C[n+]2cc[nH]c2)C1. The third-order valence-corrected chi connectivity index (χ3v) is 3.62. The van der Waals surface area contributed by atoms with Crippen LogP contribution in [0.3, 0.4) is 0 Å². The fourth-order valence-corrected chi connectivity index (χ4v) is 2.45. The predicted octanol–water partition coefficient (Wildman–Crippen LogP) is 2.99. The number of allylic oxidation sites excluding steroid dienone is 4. The monoisotopic (exact) mass is 217 g/mol. The zero-order valence-electron chi connectivity index (χ0n) is 10.2. The van der Waals surface area contributed by atoms with E-state index < -0.39 is 0 Å². The topological polar surface area (TPSA) is 19.7 Å². The molecule has 0 aliphatic heterocycles. The highest BCUT2D eigenvalue weighted by Crippen LogP contribution is 2.36. The minimum absolute atomic E-state index is 0.312. The minimum atomic E-state index is 0.312. The molecule has 1 atom stereocenters. The number of nitrogens with one attached hydrogen (secondary N) is 1. The molecule has 2 nitrogen and oxygen atoms in total. The van der Waals surface area contributed by atoms with Gasteiger partial charge in [0, 0.05) is 5.41 Å². The van der Waals surface area contributed by atoms with Crippen molar-refractivity contribution >= 4 is 0 Å². The van der Waals surface area contributed by atoms with E-state index in [0.29, 0.717) is 5.41 Å². The second kappa shape index (κ2) is 4.69. The summed E-state index contributed by atoms with van der Waals surface area (Å²) >= 11 is 0. The molecule has 2 rings (SSSR count). The van der Waals surface area contributed by atoms with Gasteiger partial charge in [0.1, 0.15) is 12.4 Å². The normalized spacial score (nSPS) is 24.5. The molecule has 1 aromatic rings. The van der Waals surface area contributed by atoms with E-state index in [4.69, 9.17) is 0 Å². The van der Waals surface area contributed by atoms with Gasteiger partial charge >= 0.3 is 0 Å². The highest BCUT2D eigenvalue weighted by atomic mass is 15.0. The van der Waals surface area contributed by atoms with E-state index >= 15 is 0 Å². The molecule has 0 spiro atoms. The van der Waals surface area contributed by atoms with Gasteiger partial charge in [0.05, 0.1) is 6.54 Å². The molecular formula is C14H21N2+. The zero-order chi connectivity index (χ0) is 11.4. The molecule has 0 aromatic carbocycles. The lowest BCUT2D eigenvalue weighted by Gasteiger charge is -2.30. The summed E-state index contributed by atoms with van der Waals surface area (Å²) in [6, 6.07) is 0. The fourth-order valence-electron chi connectivity index (χ4n) is 2.45. The van der Waals surface area contributed by atoms with Crippen LogP contribution >= 0.6 is 0 Å². The first-order valence-electron chi connectivity index (χ1n) is 6.17. The lowest BCUT2D eigenvalue weighted by atomic mass is 9.75. The summed E-state index contributed by atoms with van der Waals surface area (Å²) in [7, 11) is 0. The van der Waals surface area contributed by atoms with Crippen LogP contribution in [0, 0.1) is 5.41 Å². The predicted molar refractivity (Wildman–Crippen MR) is 65.8 cm³/mol. The molecule has 1 aliphatic carbocycles. The number of imidazole rings is 1. The molecule has 0 saturated heterocycles. The average Bonchev–Trinajstić information content (AvgIpc) is 2.82. The van der Waals surface area contributed by atoms with Crippen LogP contribution < -0.4 is 4.57 Å². The van der Waals surface area contributed by atoms with Gasteiger partial charge in [0.15, 0.2) is 0 Å². The Labute approximate surface area is 97.7 Å². The Bertz CT molecular complexity index is 387. The quantitative estimate of drug-likeness (QED) is 0.748. The van der Waals surface area contributed by atoms with Crippen molar-refractivity contribution in [3.63, 3.8) is 0 Å². The summed E-state index contributed by atoms with van der Waals surface area (Å²) in [5, 5.41) is 0. The average molecular weight is 217 g/mol. The number of hydrogen-bond acceptors (Lipinski definition) is 0. The highest BCUT2D eigenvalue weighted by molar-refractivity contribution is 5.23. The second-order valence-corrected chi connectivity index (χ2v) is 4.71. The van der Waals surface area contributed by atoms with E-state index in [9.17, 15) is 0 Å². The molecule has 1 aromatic heterocycles. The van der Waals surface area contributed by atoms with Crippen LogP contribution in [0.25, 0.3) is 0 Å².